The fourth-order valence-corrected chi connectivity index (χ4v) is 1.48. The number of ether oxygens (including phenoxy) is 2. The van der Waals surface area contributed by atoms with Gasteiger partial charge in [-0.15, -0.1) is 13.2 Å². The number of rotatable bonds is 4. The van der Waals surface area contributed by atoms with E-state index in [9.17, 15) is 23.3 Å². The summed E-state index contributed by atoms with van der Waals surface area (Å²) in [4.78, 5) is 13.3. The van der Waals surface area contributed by atoms with Gasteiger partial charge in [0.25, 0.3) is 0 Å². The summed E-state index contributed by atoms with van der Waals surface area (Å²) in [5.41, 5.74) is -1.15. The van der Waals surface area contributed by atoms with Crippen LogP contribution in [0.1, 0.15) is 5.69 Å². The van der Waals surface area contributed by atoms with Crippen LogP contribution >= 0.6 is 15.9 Å². The number of pyridine rings is 1. The van der Waals surface area contributed by atoms with Crippen LogP contribution in [0.3, 0.4) is 0 Å². The van der Waals surface area contributed by atoms with E-state index in [1.54, 1.807) is 0 Å². The molecular formula is C8H6BrF3N2O4. The normalized spacial score (nSPS) is 11.2. The zero-order valence-corrected chi connectivity index (χ0v) is 10.4. The largest absolute Gasteiger partial charge is 0.573 e. The lowest BCUT2D eigenvalue weighted by Crippen LogP contribution is -2.19. The maximum absolute atomic E-state index is 12.2. The Morgan fingerprint density at radius 1 is 1.56 bits per heavy atom. The summed E-state index contributed by atoms with van der Waals surface area (Å²) >= 11 is 2.87. The van der Waals surface area contributed by atoms with E-state index in [1.165, 1.54) is 7.11 Å². The van der Waals surface area contributed by atoms with E-state index < -0.39 is 22.7 Å². The minimum absolute atomic E-state index is 0.156. The minimum atomic E-state index is -5.04. The van der Waals surface area contributed by atoms with Crippen molar-refractivity contribution in [2.45, 2.75) is 11.7 Å². The van der Waals surface area contributed by atoms with Crippen LogP contribution in [-0.2, 0) is 5.33 Å². The number of nitro groups is 1. The molecule has 0 spiro atoms. The van der Waals surface area contributed by atoms with Gasteiger partial charge in [0.05, 0.1) is 18.1 Å². The summed E-state index contributed by atoms with van der Waals surface area (Å²) < 4.78 is 44.8. The second-order valence-electron chi connectivity index (χ2n) is 2.90. The molecule has 10 heteroatoms. The highest BCUT2D eigenvalue weighted by Crippen LogP contribution is 2.37. The Labute approximate surface area is 107 Å². The number of methoxy groups -OCH3 is 1. The Morgan fingerprint density at radius 2 is 2.17 bits per heavy atom. The third-order valence-electron chi connectivity index (χ3n) is 1.75. The molecule has 0 saturated carbocycles. The lowest BCUT2D eigenvalue weighted by molar-refractivity contribution is -0.388. The van der Waals surface area contributed by atoms with Crippen LogP contribution in [-0.4, -0.2) is 23.4 Å². The van der Waals surface area contributed by atoms with E-state index in [2.05, 4.69) is 30.4 Å². The molecule has 0 unspecified atom stereocenters. The first kappa shape index (κ1) is 14.5. The van der Waals surface area contributed by atoms with Gasteiger partial charge in [-0.05, 0) is 0 Å². The number of hydrogen-bond acceptors (Lipinski definition) is 5. The standard InChI is InChI=1S/C8H6BrF3N2O4/c1-17-6-2-5(14(15)16)7(4(3-9)13-6)18-8(10,11)12/h2H,3H2,1H3. The Bertz CT molecular complexity index is 466. The Kier molecular flexibility index (Phi) is 4.33. The molecular weight excluding hydrogens is 325 g/mol. The third kappa shape index (κ3) is 3.45. The van der Waals surface area contributed by atoms with Crippen molar-refractivity contribution in [3.05, 3.63) is 21.9 Å². The topological polar surface area (TPSA) is 74.5 Å². The van der Waals surface area contributed by atoms with Crippen molar-refractivity contribution >= 4 is 21.6 Å². The van der Waals surface area contributed by atoms with Crippen LogP contribution in [0, 0.1) is 10.1 Å². The molecule has 6 nitrogen and oxygen atoms in total. The lowest BCUT2D eigenvalue weighted by atomic mass is 10.3. The molecule has 1 aromatic rings. The Morgan fingerprint density at radius 3 is 2.56 bits per heavy atom. The molecule has 0 aliphatic rings. The van der Waals surface area contributed by atoms with Gasteiger partial charge in [0.1, 0.15) is 5.69 Å². The SMILES string of the molecule is COc1cc([N+](=O)[O-])c(OC(F)(F)F)c(CBr)n1. The number of aromatic nitrogens is 1. The quantitative estimate of drug-likeness (QED) is 0.482. The third-order valence-corrected chi connectivity index (χ3v) is 2.28. The van der Waals surface area contributed by atoms with Gasteiger partial charge >= 0.3 is 12.0 Å². The van der Waals surface area contributed by atoms with Gasteiger partial charge in [-0.3, -0.25) is 10.1 Å². The minimum Gasteiger partial charge on any atom is -0.481 e. The summed E-state index contributed by atoms with van der Waals surface area (Å²) in [7, 11) is 1.19. The fourth-order valence-electron chi connectivity index (χ4n) is 1.10. The molecule has 0 aromatic carbocycles. The van der Waals surface area contributed by atoms with Gasteiger partial charge in [0.15, 0.2) is 0 Å². The molecule has 100 valence electrons. The Hall–Kier alpha value is -1.58. The maximum atomic E-state index is 12.2. The monoisotopic (exact) mass is 330 g/mol. The first-order valence-electron chi connectivity index (χ1n) is 4.32. The highest BCUT2D eigenvalue weighted by atomic mass is 79.9. The van der Waals surface area contributed by atoms with Gasteiger partial charge < -0.3 is 9.47 Å². The summed E-state index contributed by atoms with van der Waals surface area (Å²) in [5.74, 6) is -1.13. The second-order valence-corrected chi connectivity index (χ2v) is 3.46. The number of alkyl halides is 4. The summed E-state index contributed by atoms with van der Waals surface area (Å²) in [5, 5.41) is 10.5. The highest BCUT2D eigenvalue weighted by Gasteiger charge is 2.36. The molecule has 0 bridgehead atoms. The van der Waals surface area contributed by atoms with E-state index in [4.69, 9.17) is 0 Å². The molecule has 1 rings (SSSR count). The van der Waals surface area contributed by atoms with Crippen LogP contribution in [0.25, 0.3) is 0 Å². The van der Waals surface area contributed by atoms with Crippen molar-refractivity contribution in [1.82, 2.24) is 4.98 Å². The van der Waals surface area contributed by atoms with Crippen molar-refractivity contribution in [2.24, 2.45) is 0 Å². The molecule has 0 aliphatic heterocycles. The summed E-state index contributed by atoms with van der Waals surface area (Å²) in [6, 6.07) is 0.757. The van der Waals surface area contributed by atoms with Crippen LogP contribution < -0.4 is 9.47 Å². The average molecular weight is 331 g/mol. The fraction of sp³-hybridized carbons (Fsp3) is 0.375. The molecule has 0 fully saturated rings. The first-order chi connectivity index (χ1) is 8.28. The molecule has 0 aliphatic carbocycles. The van der Waals surface area contributed by atoms with Gasteiger partial charge in [0.2, 0.25) is 11.6 Å². The Balaban J connectivity index is 3.39. The number of nitrogens with zero attached hydrogens (tertiary/aromatic N) is 2. The van der Waals surface area contributed by atoms with Crippen molar-refractivity contribution in [3.63, 3.8) is 0 Å². The van der Waals surface area contributed by atoms with E-state index in [0.717, 1.165) is 6.07 Å². The number of hydrogen-bond donors (Lipinski definition) is 0. The first-order valence-corrected chi connectivity index (χ1v) is 5.44. The van der Waals surface area contributed by atoms with Crippen LogP contribution in [0.5, 0.6) is 11.6 Å². The maximum Gasteiger partial charge on any atom is 0.573 e. The van der Waals surface area contributed by atoms with Gasteiger partial charge in [-0.2, -0.15) is 0 Å². The zero-order valence-electron chi connectivity index (χ0n) is 8.82. The van der Waals surface area contributed by atoms with Gasteiger partial charge in [-0.25, -0.2) is 4.98 Å². The van der Waals surface area contributed by atoms with Crippen molar-refractivity contribution < 1.29 is 27.6 Å². The van der Waals surface area contributed by atoms with Gasteiger partial charge in [0, 0.05) is 5.33 Å². The van der Waals surface area contributed by atoms with E-state index in [-0.39, 0.29) is 16.9 Å². The smallest absolute Gasteiger partial charge is 0.481 e. The van der Waals surface area contributed by atoms with Crippen LogP contribution in [0.4, 0.5) is 18.9 Å². The molecule has 1 heterocycles. The van der Waals surface area contributed by atoms with E-state index in [1.807, 2.05) is 0 Å². The molecule has 0 saturated heterocycles. The molecule has 0 atom stereocenters. The molecule has 1 aromatic heterocycles. The lowest BCUT2D eigenvalue weighted by Gasteiger charge is -2.12. The molecule has 0 radical (unpaired) electrons. The van der Waals surface area contributed by atoms with E-state index >= 15 is 0 Å². The molecule has 0 amide bonds. The average Bonchev–Trinajstić information content (AvgIpc) is 2.26. The zero-order chi connectivity index (χ0) is 13.9. The second kappa shape index (κ2) is 5.38. The predicted molar refractivity (Wildman–Crippen MR) is 56.8 cm³/mol. The van der Waals surface area contributed by atoms with Gasteiger partial charge in [-0.1, -0.05) is 15.9 Å². The van der Waals surface area contributed by atoms with Crippen LogP contribution in [0.15, 0.2) is 6.07 Å². The van der Waals surface area contributed by atoms with Crippen molar-refractivity contribution in [1.29, 1.82) is 0 Å². The number of halogens is 4. The molecule has 18 heavy (non-hydrogen) atoms. The van der Waals surface area contributed by atoms with E-state index in [0.29, 0.717) is 0 Å². The van der Waals surface area contributed by atoms with Crippen molar-refractivity contribution in [2.75, 3.05) is 7.11 Å². The predicted octanol–water partition coefficient (Wildman–Crippen LogP) is 2.79. The highest BCUT2D eigenvalue weighted by molar-refractivity contribution is 9.08. The molecule has 0 N–H and O–H groups in total. The van der Waals surface area contributed by atoms with Crippen molar-refractivity contribution in [3.8, 4) is 11.6 Å². The summed E-state index contributed by atoms with van der Waals surface area (Å²) in [6.07, 6.45) is -5.04. The summed E-state index contributed by atoms with van der Waals surface area (Å²) in [6.45, 7) is 0. The van der Waals surface area contributed by atoms with Crippen LogP contribution in [0.2, 0.25) is 0 Å².